The fourth-order valence-electron chi connectivity index (χ4n) is 2.96. The molecule has 1 aliphatic heterocycles. The Morgan fingerprint density at radius 2 is 2.05 bits per heavy atom. The third-order valence-corrected chi connectivity index (χ3v) is 4.27. The van der Waals surface area contributed by atoms with Crippen molar-refractivity contribution in [2.45, 2.75) is 5.41 Å². The second kappa shape index (κ2) is 3.81. The second-order valence-corrected chi connectivity index (χ2v) is 5.37. The van der Waals surface area contributed by atoms with Crippen LogP contribution >= 0.6 is 0 Å². The van der Waals surface area contributed by atoms with Crippen molar-refractivity contribution in [1.29, 1.82) is 5.26 Å². The van der Waals surface area contributed by atoms with Crippen LogP contribution in [0.5, 0.6) is 0 Å². The number of hydrogen-bond donors (Lipinski definition) is 0. The van der Waals surface area contributed by atoms with E-state index in [-0.39, 0.29) is 0 Å². The zero-order valence-electron chi connectivity index (χ0n) is 11.1. The van der Waals surface area contributed by atoms with Crippen LogP contribution in [0.3, 0.4) is 0 Å². The Labute approximate surface area is 116 Å². The van der Waals surface area contributed by atoms with Crippen LogP contribution in [0.25, 0.3) is 21.8 Å². The molecule has 3 heterocycles. The lowest BCUT2D eigenvalue weighted by Gasteiger charge is -2.35. The smallest absolute Gasteiger partial charge is 0.129 e. The monoisotopic (exact) mass is 263 g/mol. The quantitative estimate of drug-likeness (QED) is 0.678. The molecule has 20 heavy (non-hydrogen) atoms. The zero-order chi connectivity index (χ0) is 13.7. The molecule has 3 aromatic rings. The standard InChI is InChI=1S/C16H13N3O/c1-19-14-3-2-11(16(8-17)9-20-10-16)6-12(14)13-7-18-5-4-15(13)19/h2-7H,9-10H2,1H3. The van der Waals surface area contributed by atoms with Crippen molar-refractivity contribution in [2.75, 3.05) is 13.2 Å². The molecule has 0 saturated carbocycles. The van der Waals surface area contributed by atoms with Gasteiger partial charge in [0.1, 0.15) is 5.41 Å². The first-order valence-corrected chi connectivity index (χ1v) is 6.57. The third kappa shape index (κ3) is 1.30. The summed E-state index contributed by atoms with van der Waals surface area (Å²) < 4.78 is 7.41. The van der Waals surface area contributed by atoms with E-state index in [1.165, 1.54) is 0 Å². The summed E-state index contributed by atoms with van der Waals surface area (Å²) >= 11 is 0. The summed E-state index contributed by atoms with van der Waals surface area (Å²) in [4.78, 5) is 4.22. The van der Waals surface area contributed by atoms with Gasteiger partial charge >= 0.3 is 0 Å². The van der Waals surface area contributed by atoms with E-state index >= 15 is 0 Å². The van der Waals surface area contributed by atoms with Crippen molar-refractivity contribution in [2.24, 2.45) is 7.05 Å². The van der Waals surface area contributed by atoms with Gasteiger partial charge in [-0.05, 0) is 23.8 Å². The molecule has 0 atom stereocenters. The summed E-state index contributed by atoms with van der Waals surface area (Å²) in [5, 5.41) is 11.7. The van der Waals surface area contributed by atoms with Gasteiger partial charge in [0, 0.05) is 35.7 Å². The van der Waals surface area contributed by atoms with Gasteiger partial charge in [0.25, 0.3) is 0 Å². The SMILES string of the molecule is Cn1c2ccncc2c2cc(C3(C#N)COC3)ccc21. The van der Waals surface area contributed by atoms with Crippen LogP contribution in [0, 0.1) is 11.3 Å². The first-order chi connectivity index (χ1) is 9.75. The lowest BCUT2D eigenvalue weighted by atomic mass is 9.80. The lowest BCUT2D eigenvalue weighted by molar-refractivity contribution is -0.0297. The van der Waals surface area contributed by atoms with Crippen molar-refractivity contribution in [3.05, 3.63) is 42.2 Å². The molecule has 0 N–H and O–H groups in total. The predicted molar refractivity (Wildman–Crippen MR) is 76.3 cm³/mol. The molecule has 0 unspecified atom stereocenters. The Kier molecular flexibility index (Phi) is 2.18. The molecule has 1 aromatic carbocycles. The summed E-state index contributed by atoms with van der Waals surface area (Å²) in [5.74, 6) is 0. The second-order valence-electron chi connectivity index (χ2n) is 5.37. The topological polar surface area (TPSA) is 50.8 Å². The maximum absolute atomic E-state index is 9.43. The van der Waals surface area contributed by atoms with Crippen molar-refractivity contribution in [1.82, 2.24) is 9.55 Å². The number of aryl methyl sites for hydroxylation is 1. The molecule has 4 nitrogen and oxygen atoms in total. The number of fused-ring (bicyclic) bond motifs is 3. The fourth-order valence-corrected chi connectivity index (χ4v) is 2.96. The Hall–Kier alpha value is -2.38. The van der Waals surface area contributed by atoms with E-state index in [0.29, 0.717) is 13.2 Å². The maximum atomic E-state index is 9.43. The van der Waals surface area contributed by atoms with Gasteiger partial charge in [-0.2, -0.15) is 5.26 Å². The lowest BCUT2D eigenvalue weighted by Crippen LogP contribution is -2.45. The minimum Gasteiger partial charge on any atom is -0.377 e. The molecule has 0 spiro atoms. The van der Waals surface area contributed by atoms with Crippen LogP contribution in [-0.4, -0.2) is 22.8 Å². The van der Waals surface area contributed by atoms with E-state index in [1.807, 2.05) is 18.3 Å². The highest BCUT2D eigenvalue weighted by atomic mass is 16.5. The third-order valence-electron chi connectivity index (χ3n) is 4.27. The van der Waals surface area contributed by atoms with Gasteiger partial charge in [-0.1, -0.05) is 6.07 Å². The number of nitriles is 1. The number of rotatable bonds is 1. The summed E-state index contributed by atoms with van der Waals surface area (Å²) in [5.41, 5.74) is 2.88. The molecular formula is C16H13N3O. The molecule has 0 bridgehead atoms. The molecule has 2 aromatic heterocycles. The van der Waals surface area contributed by atoms with Crippen molar-refractivity contribution in [3.8, 4) is 6.07 Å². The van der Waals surface area contributed by atoms with Crippen LogP contribution in [0.4, 0.5) is 0 Å². The average molecular weight is 263 g/mol. The van der Waals surface area contributed by atoms with E-state index in [0.717, 1.165) is 27.4 Å². The molecular weight excluding hydrogens is 250 g/mol. The van der Waals surface area contributed by atoms with Gasteiger partial charge in [0.05, 0.1) is 24.8 Å². The van der Waals surface area contributed by atoms with Gasteiger partial charge in [-0.3, -0.25) is 4.98 Å². The molecule has 1 fully saturated rings. The van der Waals surface area contributed by atoms with E-state index in [1.54, 1.807) is 6.20 Å². The maximum Gasteiger partial charge on any atom is 0.129 e. The molecule has 4 rings (SSSR count). The zero-order valence-corrected chi connectivity index (χ0v) is 11.1. The summed E-state index contributed by atoms with van der Waals surface area (Å²) in [6, 6.07) is 10.7. The Morgan fingerprint density at radius 3 is 2.75 bits per heavy atom. The van der Waals surface area contributed by atoms with Gasteiger partial charge in [-0.25, -0.2) is 0 Å². The number of pyridine rings is 1. The van der Waals surface area contributed by atoms with Gasteiger partial charge < -0.3 is 9.30 Å². The molecule has 4 heteroatoms. The highest BCUT2D eigenvalue weighted by Gasteiger charge is 2.41. The van der Waals surface area contributed by atoms with Crippen molar-refractivity contribution in [3.63, 3.8) is 0 Å². The summed E-state index contributed by atoms with van der Waals surface area (Å²) in [6.45, 7) is 0.968. The first-order valence-electron chi connectivity index (χ1n) is 6.57. The number of benzene rings is 1. The van der Waals surface area contributed by atoms with Gasteiger partial charge in [-0.15, -0.1) is 0 Å². The largest absolute Gasteiger partial charge is 0.377 e. The van der Waals surface area contributed by atoms with Crippen LogP contribution < -0.4 is 0 Å². The number of aromatic nitrogens is 2. The molecule has 1 aliphatic rings. The van der Waals surface area contributed by atoms with Crippen molar-refractivity contribution < 1.29 is 4.74 Å². The number of hydrogen-bond acceptors (Lipinski definition) is 3. The Bertz CT molecular complexity index is 868. The van der Waals surface area contributed by atoms with Crippen LogP contribution in [0.2, 0.25) is 0 Å². The summed E-state index contributed by atoms with van der Waals surface area (Å²) in [7, 11) is 2.05. The number of ether oxygens (including phenoxy) is 1. The molecule has 0 aliphatic carbocycles. The van der Waals surface area contributed by atoms with Crippen LogP contribution in [0.1, 0.15) is 5.56 Å². The van der Waals surface area contributed by atoms with Crippen molar-refractivity contribution >= 4 is 21.8 Å². The van der Waals surface area contributed by atoms with Crippen LogP contribution in [-0.2, 0) is 17.2 Å². The van der Waals surface area contributed by atoms with E-state index in [9.17, 15) is 5.26 Å². The molecule has 0 amide bonds. The highest BCUT2D eigenvalue weighted by Crippen LogP contribution is 2.35. The van der Waals surface area contributed by atoms with Gasteiger partial charge in [0.2, 0.25) is 0 Å². The summed E-state index contributed by atoms with van der Waals surface area (Å²) in [6.07, 6.45) is 3.69. The van der Waals surface area contributed by atoms with E-state index < -0.39 is 5.41 Å². The first kappa shape index (κ1) is 11.4. The highest BCUT2D eigenvalue weighted by molar-refractivity contribution is 6.07. The normalized spacial score (nSPS) is 17.0. The van der Waals surface area contributed by atoms with E-state index in [2.05, 4.69) is 34.8 Å². The number of nitrogens with zero attached hydrogens (tertiary/aromatic N) is 3. The fraction of sp³-hybridized carbons (Fsp3) is 0.250. The molecule has 0 radical (unpaired) electrons. The van der Waals surface area contributed by atoms with E-state index in [4.69, 9.17) is 4.74 Å². The Morgan fingerprint density at radius 1 is 1.25 bits per heavy atom. The van der Waals surface area contributed by atoms with Crippen LogP contribution in [0.15, 0.2) is 36.7 Å². The Balaban J connectivity index is 2.05. The molecule has 98 valence electrons. The van der Waals surface area contributed by atoms with Gasteiger partial charge in [0.15, 0.2) is 0 Å². The molecule has 1 saturated heterocycles. The average Bonchev–Trinajstić information content (AvgIpc) is 2.73. The predicted octanol–water partition coefficient (Wildman–Crippen LogP) is 2.52. The minimum atomic E-state index is -0.474. The minimum absolute atomic E-state index is 0.474.